The molecule has 18 nitrogen and oxygen atoms in total. The number of aliphatic carboxylic acids is 1. The molecule has 1 aromatic carbocycles. The SMILES string of the molecule is C[C@@H](O)[C@H](N)C(=O)N[C@H](CO)C(=O)N[C@@H](CCCCN)C(=O)N[C@@H](Cc1ccc(O)cc1)C(=O)N[C@@H](CCCN=C(N)N)C(=O)O. The lowest BCUT2D eigenvalue weighted by Gasteiger charge is -2.26. The van der Waals surface area contributed by atoms with Crippen molar-refractivity contribution in [2.75, 3.05) is 19.7 Å². The maximum absolute atomic E-state index is 13.5. The number of benzene rings is 1. The molecule has 6 atom stereocenters. The lowest BCUT2D eigenvalue weighted by Crippen LogP contribution is -2.60. The number of phenolic OH excluding ortho intramolecular Hbond substituents is 1. The van der Waals surface area contributed by atoms with Crippen molar-refractivity contribution in [2.24, 2.45) is 27.9 Å². The number of aliphatic hydroxyl groups excluding tert-OH is 2. The van der Waals surface area contributed by atoms with Crippen molar-refractivity contribution >= 4 is 35.6 Å². The van der Waals surface area contributed by atoms with Gasteiger partial charge in [0.2, 0.25) is 23.6 Å². The van der Waals surface area contributed by atoms with Crippen LogP contribution in [0, 0.1) is 0 Å². The van der Waals surface area contributed by atoms with Crippen LogP contribution in [0.25, 0.3) is 0 Å². The van der Waals surface area contributed by atoms with Gasteiger partial charge < -0.3 is 64.6 Å². The molecule has 18 heteroatoms. The summed E-state index contributed by atoms with van der Waals surface area (Å²) in [6.45, 7) is 0.833. The Balaban J connectivity index is 3.21. The molecule has 1 rings (SSSR count). The molecule has 0 aromatic heterocycles. The van der Waals surface area contributed by atoms with Gasteiger partial charge in [0.25, 0.3) is 0 Å². The summed E-state index contributed by atoms with van der Waals surface area (Å²) in [5.74, 6) is -5.03. The van der Waals surface area contributed by atoms with Crippen molar-refractivity contribution in [3.8, 4) is 5.75 Å². The normalized spacial score (nSPS) is 14.8. The molecular weight excluding hydrogens is 606 g/mol. The average Bonchev–Trinajstić information content (AvgIpc) is 3.00. The first-order chi connectivity index (χ1) is 21.7. The molecule has 1 aromatic rings. The highest BCUT2D eigenvalue weighted by Gasteiger charge is 2.32. The number of guanidine groups is 1. The number of aromatic hydroxyl groups is 1. The molecule has 0 aliphatic heterocycles. The number of nitrogens with one attached hydrogen (secondary N) is 4. The topological polar surface area (TPSA) is 331 Å². The fourth-order valence-corrected chi connectivity index (χ4v) is 4.10. The quantitative estimate of drug-likeness (QED) is 0.0341. The van der Waals surface area contributed by atoms with E-state index in [1.807, 2.05) is 0 Å². The van der Waals surface area contributed by atoms with Gasteiger partial charge in [-0.1, -0.05) is 12.1 Å². The van der Waals surface area contributed by atoms with Gasteiger partial charge in [-0.25, -0.2) is 4.79 Å². The molecule has 0 saturated heterocycles. The molecule has 0 heterocycles. The molecule has 0 spiro atoms. The van der Waals surface area contributed by atoms with Gasteiger partial charge in [-0.3, -0.25) is 24.2 Å². The number of hydrogen-bond acceptors (Lipinski definition) is 11. The van der Waals surface area contributed by atoms with Crippen molar-refractivity contribution in [2.45, 2.75) is 81.8 Å². The highest BCUT2D eigenvalue weighted by molar-refractivity contribution is 5.95. The van der Waals surface area contributed by atoms with E-state index in [2.05, 4.69) is 26.3 Å². The molecule has 0 saturated carbocycles. The second kappa shape index (κ2) is 20.5. The lowest BCUT2D eigenvalue weighted by molar-refractivity contribution is -0.142. The lowest BCUT2D eigenvalue weighted by atomic mass is 10.0. The summed E-state index contributed by atoms with van der Waals surface area (Å²) in [5, 5.41) is 48.3. The Labute approximate surface area is 266 Å². The maximum Gasteiger partial charge on any atom is 0.326 e. The largest absolute Gasteiger partial charge is 0.508 e. The second-order valence-corrected chi connectivity index (χ2v) is 10.6. The number of hydrogen-bond donors (Lipinski definition) is 12. The minimum atomic E-state index is -1.52. The molecule has 0 aliphatic carbocycles. The van der Waals surface area contributed by atoms with E-state index < -0.39 is 72.5 Å². The van der Waals surface area contributed by atoms with Crippen LogP contribution in [0.15, 0.2) is 29.3 Å². The van der Waals surface area contributed by atoms with Gasteiger partial charge in [0.05, 0.1) is 12.7 Å². The van der Waals surface area contributed by atoms with E-state index in [1.54, 1.807) is 0 Å². The summed E-state index contributed by atoms with van der Waals surface area (Å²) in [5.41, 5.74) is 22.3. The van der Waals surface area contributed by atoms with Crippen LogP contribution in [0.3, 0.4) is 0 Å². The number of nitrogens with two attached hydrogens (primary N) is 4. The number of aliphatic hydroxyl groups is 2. The Morgan fingerprint density at radius 2 is 1.33 bits per heavy atom. The third kappa shape index (κ3) is 14.5. The van der Waals surface area contributed by atoms with E-state index in [0.717, 1.165) is 0 Å². The Bertz CT molecular complexity index is 1180. The number of carbonyl (C=O) groups excluding carboxylic acids is 4. The van der Waals surface area contributed by atoms with E-state index in [4.69, 9.17) is 22.9 Å². The fourth-order valence-electron chi connectivity index (χ4n) is 4.10. The van der Waals surface area contributed by atoms with Crippen LogP contribution in [0.5, 0.6) is 5.75 Å². The molecule has 4 amide bonds. The standard InChI is InChI=1S/C28H47N9O9/c1-15(39)22(30)26(44)37-21(14-38)25(43)34-18(5-2-3-11-29)23(41)36-20(13-16-7-9-17(40)10-8-16)24(42)35-19(27(45)46)6-4-12-33-28(31)32/h7-10,15,18-22,38-40H,2-6,11-14,29-30H2,1H3,(H,34,43)(H,35,42)(H,36,41)(H,37,44)(H,45,46)(H4,31,32,33)/t15-,18+,19+,20+,21-,22+/m1/s1. The zero-order valence-electron chi connectivity index (χ0n) is 25.7. The monoisotopic (exact) mass is 653 g/mol. The third-order valence-corrected chi connectivity index (χ3v) is 6.79. The van der Waals surface area contributed by atoms with E-state index in [1.165, 1.54) is 31.2 Å². The number of rotatable bonds is 21. The molecular formula is C28H47N9O9. The Morgan fingerprint density at radius 1 is 0.804 bits per heavy atom. The Hall–Kier alpha value is -4.52. The van der Waals surface area contributed by atoms with Crippen LogP contribution in [0.2, 0.25) is 0 Å². The first-order valence-electron chi connectivity index (χ1n) is 14.7. The maximum atomic E-state index is 13.5. The number of nitrogens with zero attached hydrogens (tertiary/aromatic N) is 1. The molecule has 0 bridgehead atoms. The minimum absolute atomic E-state index is 0.0253. The first kappa shape index (κ1) is 39.5. The fraction of sp³-hybridized carbons (Fsp3) is 0.571. The number of unbranched alkanes of at least 4 members (excludes halogenated alkanes) is 1. The molecule has 0 aliphatic rings. The van der Waals surface area contributed by atoms with Crippen LogP contribution >= 0.6 is 0 Å². The zero-order valence-corrected chi connectivity index (χ0v) is 25.7. The van der Waals surface area contributed by atoms with E-state index in [-0.39, 0.29) is 43.9 Å². The number of phenols is 1. The predicted molar refractivity (Wildman–Crippen MR) is 167 cm³/mol. The van der Waals surface area contributed by atoms with Crippen molar-refractivity contribution in [3.63, 3.8) is 0 Å². The Kier molecular flexibility index (Phi) is 17.6. The second-order valence-electron chi connectivity index (χ2n) is 10.6. The van der Waals surface area contributed by atoms with Gasteiger partial charge in [-0.15, -0.1) is 0 Å². The van der Waals surface area contributed by atoms with Crippen LogP contribution in [-0.2, 0) is 30.4 Å². The summed E-state index contributed by atoms with van der Waals surface area (Å²) in [6, 6.07) is -1.07. The highest BCUT2D eigenvalue weighted by Crippen LogP contribution is 2.13. The summed E-state index contributed by atoms with van der Waals surface area (Å²) in [4.78, 5) is 67.8. The zero-order chi connectivity index (χ0) is 34.8. The predicted octanol–water partition coefficient (Wildman–Crippen LogP) is -4.16. The van der Waals surface area contributed by atoms with Gasteiger partial charge in [-0.2, -0.15) is 0 Å². The number of carbonyl (C=O) groups is 5. The smallest absolute Gasteiger partial charge is 0.326 e. The van der Waals surface area contributed by atoms with E-state index in [0.29, 0.717) is 24.9 Å². The summed E-state index contributed by atoms with van der Waals surface area (Å²) in [7, 11) is 0. The van der Waals surface area contributed by atoms with Crippen molar-refractivity contribution in [1.82, 2.24) is 21.3 Å². The summed E-state index contributed by atoms with van der Waals surface area (Å²) >= 11 is 0. The number of carboxylic acids is 1. The Morgan fingerprint density at radius 3 is 1.87 bits per heavy atom. The molecule has 258 valence electrons. The van der Waals surface area contributed by atoms with Gasteiger partial charge in [0.15, 0.2) is 5.96 Å². The van der Waals surface area contributed by atoms with Crippen molar-refractivity contribution in [3.05, 3.63) is 29.8 Å². The van der Waals surface area contributed by atoms with Gasteiger partial charge in [-0.05, 0) is 63.3 Å². The molecule has 16 N–H and O–H groups in total. The highest BCUT2D eigenvalue weighted by atomic mass is 16.4. The molecule has 0 radical (unpaired) electrons. The molecule has 0 fully saturated rings. The first-order valence-corrected chi connectivity index (χ1v) is 14.7. The van der Waals surface area contributed by atoms with Crippen LogP contribution in [0.4, 0.5) is 0 Å². The van der Waals surface area contributed by atoms with Crippen LogP contribution in [0.1, 0.15) is 44.6 Å². The van der Waals surface area contributed by atoms with Gasteiger partial charge in [0.1, 0.15) is 36.0 Å². The summed E-state index contributed by atoms with van der Waals surface area (Å²) in [6.07, 6.45) is -0.234. The van der Waals surface area contributed by atoms with E-state index in [9.17, 15) is 44.4 Å². The average molecular weight is 654 g/mol. The third-order valence-electron chi connectivity index (χ3n) is 6.79. The van der Waals surface area contributed by atoms with Crippen molar-refractivity contribution < 1.29 is 44.4 Å². The van der Waals surface area contributed by atoms with Crippen LogP contribution < -0.4 is 44.2 Å². The van der Waals surface area contributed by atoms with Gasteiger partial charge in [0, 0.05) is 13.0 Å². The minimum Gasteiger partial charge on any atom is -0.508 e. The van der Waals surface area contributed by atoms with Crippen molar-refractivity contribution in [1.29, 1.82) is 0 Å². The summed E-state index contributed by atoms with van der Waals surface area (Å²) < 4.78 is 0. The number of carboxylic acid groups (broad SMARTS) is 1. The van der Waals surface area contributed by atoms with Crippen LogP contribution in [-0.4, -0.2) is 112 Å². The molecule has 46 heavy (non-hydrogen) atoms. The molecule has 0 unspecified atom stereocenters. The van der Waals surface area contributed by atoms with E-state index >= 15 is 0 Å². The van der Waals surface area contributed by atoms with Gasteiger partial charge >= 0.3 is 5.97 Å². The number of amides is 4. The number of aliphatic imine (C=N–C) groups is 1.